The van der Waals surface area contributed by atoms with Crippen LogP contribution >= 0.6 is 0 Å². The van der Waals surface area contributed by atoms with E-state index in [1.807, 2.05) is 52.9 Å². The van der Waals surface area contributed by atoms with Crippen molar-refractivity contribution in [1.29, 1.82) is 0 Å². The van der Waals surface area contributed by atoms with Gasteiger partial charge in [0.15, 0.2) is 0 Å². The van der Waals surface area contributed by atoms with Gasteiger partial charge in [0.25, 0.3) is 0 Å². The average Bonchev–Trinajstić information content (AvgIpc) is 2.76. The number of benzene rings is 1. The van der Waals surface area contributed by atoms with E-state index in [1.54, 1.807) is 0 Å². The van der Waals surface area contributed by atoms with Crippen molar-refractivity contribution >= 4 is 21.3 Å². The van der Waals surface area contributed by atoms with Crippen molar-refractivity contribution in [1.82, 2.24) is 4.98 Å². The molecule has 1 nitrogen and oxygen atoms in total. The quantitative estimate of drug-likeness (QED) is 0.346. The van der Waals surface area contributed by atoms with Crippen LogP contribution in [0.15, 0.2) is 54.8 Å². The summed E-state index contributed by atoms with van der Waals surface area (Å²) in [4.78, 5) is 4.66. The van der Waals surface area contributed by atoms with Crippen molar-refractivity contribution in [2.45, 2.75) is 81.4 Å². The van der Waals surface area contributed by atoms with Crippen molar-refractivity contribution < 1.29 is 0 Å². The third kappa shape index (κ3) is 7.84. The van der Waals surface area contributed by atoms with Crippen molar-refractivity contribution in [2.75, 3.05) is 0 Å². The molecular weight excluding hydrogens is 384 g/mol. The molecule has 0 bridgehead atoms. The molecule has 2 rings (SSSR count). The van der Waals surface area contributed by atoms with Gasteiger partial charge in [-0.05, 0) is 47.9 Å². The van der Waals surface area contributed by atoms with Gasteiger partial charge in [0.2, 0.25) is 0 Å². The van der Waals surface area contributed by atoms with Crippen LogP contribution < -0.4 is 0 Å². The maximum absolute atomic E-state index is 6.41. The SMILES string of the molecule is CC.CC.[B]C([B])(c1ccc(-c2cc(C(/C=C\C)=C/C(C)C)c(C)cn2)cc1)C(C)(C)C. The van der Waals surface area contributed by atoms with E-state index in [2.05, 4.69) is 83.0 Å². The third-order valence-corrected chi connectivity index (χ3v) is 5.17. The minimum absolute atomic E-state index is 0.243. The van der Waals surface area contributed by atoms with Crippen LogP contribution in [0.5, 0.6) is 0 Å². The largest absolute Gasteiger partial charge is 0.256 e. The number of hydrogen-bond donors (Lipinski definition) is 0. The molecule has 32 heavy (non-hydrogen) atoms. The lowest BCUT2D eigenvalue weighted by atomic mass is 9.41. The highest BCUT2D eigenvalue weighted by Gasteiger charge is 2.32. The second-order valence-corrected chi connectivity index (χ2v) is 8.95. The van der Waals surface area contributed by atoms with Crippen molar-refractivity contribution in [3.8, 4) is 11.3 Å². The fourth-order valence-electron chi connectivity index (χ4n) is 3.12. The highest BCUT2D eigenvalue weighted by atomic mass is 14.7. The summed E-state index contributed by atoms with van der Waals surface area (Å²) in [5, 5.41) is -0.892. The fraction of sp³-hybridized carbons (Fsp3) is 0.483. The number of hydrogen-bond acceptors (Lipinski definition) is 1. The van der Waals surface area contributed by atoms with Gasteiger partial charge in [-0.2, -0.15) is 0 Å². The monoisotopic (exact) mass is 427 g/mol. The standard InChI is InChI=1S/C25H31B2N.2C2H6/c1-8-9-20(14-17(2)3)22-15-23(28-16-18(22)4)19-10-12-21(13-11-19)25(26,27)24(5,6)7;2*1-2/h8-17H,1-7H3;2*1-2H3/b9-8-,20-14+;;. The van der Waals surface area contributed by atoms with E-state index >= 15 is 0 Å². The second kappa shape index (κ2) is 13.5. The molecule has 0 spiro atoms. The summed E-state index contributed by atoms with van der Waals surface area (Å²) in [6, 6.07) is 10.3. The van der Waals surface area contributed by atoms with Gasteiger partial charge in [0, 0.05) is 11.8 Å². The van der Waals surface area contributed by atoms with Crippen LogP contribution in [0, 0.1) is 18.3 Å². The van der Waals surface area contributed by atoms with Crippen molar-refractivity contribution in [3.05, 3.63) is 71.4 Å². The van der Waals surface area contributed by atoms with Crippen LogP contribution in [0.1, 0.15) is 85.9 Å². The van der Waals surface area contributed by atoms with Crippen molar-refractivity contribution in [2.24, 2.45) is 11.3 Å². The molecule has 170 valence electrons. The smallest absolute Gasteiger partial charge is 0.0708 e. The van der Waals surface area contributed by atoms with E-state index in [1.165, 1.54) is 16.7 Å². The number of rotatable bonds is 5. The van der Waals surface area contributed by atoms with E-state index in [0.29, 0.717) is 5.92 Å². The molecule has 3 heteroatoms. The van der Waals surface area contributed by atoms with E-state index < -0.39 is 5.21 Å². The number of nitrogens with zero attached hydrogens (tertiary/aromatic N) is 1. The van der Waals surface area contributed by atoms with Gasteiger partial charge in [0.05, 0.1) is 21.4 Å². The molecule has 0 saturated carbocycles. The Morgan fingerprint density at radius 3 is 1.94 bits per heavy atom. The van der Waals surface area contributed by atoms with Gasteiger partial charge in [-0.1, -0.05) is 116 Å². The minimum atomic E-state index is -0.892. The van der Waals surface area contributed by atoms with E-state index in [-0.39, 0.29) is 5.41 Å². The molecule has 0 aliphatic carbocycles. The summed E-state index contributed by atoms with van der Waals surface area (Å²) in [6.45, 7) is 22.7. The number of aryl methyl sites for hydroxylation is 1. The van der Waals surface area contributed by atoms with E-state index in [9.17, 15) is 0 Å². The lowest BCUT2D eigenvalue weighted by Crippen LogP contribution is -2.41. The Labute approximate surface area is 201 Å². The van der Waals surface area contributed by atoms with Crippen LogP contribution in [0.25, 0.3) is 16.8 Å². The molecule has 0 atom stereocenters. The lowest BCUT2D eigenvalue weighted by molar-refractivity contribution is 0.358. The van der Waals surface area contributed by atoms with Gasteiger partial charge in [-0.15, -0.1) is 0 Å². The zero-order chi connectivity index (χ0) is 25.1. The predicted molar refractivity (Wildman–Crippen MR) is 147 cm³/mol. The molecule has 2 aromatic rings. The summed E-state index contributed by atoms with van der Waals surface area (Å²) >= 11 is 0. The predicted octanol–water partition coefficient (Wildman–Crippen LogP) is 8.26. The van der Waals surface area contributed by atoms with Gasteiger partial charge in [-0.3, -0.25) is 4.98 Å². The van der Waals surface area contributed by atoms with Gasteiger partial charge in [-0.25, -0.2) is 0 Å². The zero-order valence-corrected chi connectivity index (χ0v) is 22.4. The van der Waals surface area contributed by atoms with Crippen LogP contribution in [-0.2, 0) is 5.21 Å². The summed E-state index contributed by atoms with van der Waals surface area (Å²) < 4.78 is 0. The maximum Gasteiger partial charge on any atom is 0.0708 e. The number of pyridine rings is 1. The highest BCUT2D eigenvalue weighted by Crippen LogP contribution is 2.37. The molecule has 0 aliphatic rings. The summed E-state index contributed by atoms with van der Waals surface area (Å²) in [6.07, 6.45) is 8.48. The highest BCUT2D eigenvalue weighted by molar-refractivity contribution is 6.40. The Morgan fingerprint density at radius 1 is 0.969 bits per heavy atom. The first kappa shape index (κ1) is 30.0. The molecule has 1 heterocycles. The van der Waals surface area contributed by atoms with E-state index in [0.717, 1.165) is 16.8 Å². The van der Waals surface area contributed by atoms with Gasteiger partial charge >= 0.3 is 0 Å². The lowest BCUT2D eigenvalue weighted by Gasteiger charge is -2.40. The normalized spacial score (nSPS) is 12.2. The molecule has 0 fully saturated rings. The van der Waals surface area contributed by atoms with Gasteiger partial charge in [0.1, 0.15) is 0 Å². The summed E-state index contributed by atoms with van der Waals surface area (Å²) in [5.74, 6) is 0.473. The second-order valence-electron chi connectivity index (χ2n) is 8.95. The minimum Gasteiger partial charge on any atom is -0.256 e. The third-order valence-electron chi connectivity index (χ3n) is 5.17. The zero-order valence-electron chi connectivity index (χ0n) is 22.4. The average molecular weight is 427 g/mol. The molecule has 0 unspecified atom stereocenters. The topological polar surface area (TPSA) is 12.9 Å². The Morgan fingerprint density at radius 2 is 1.50 bits per heavy atom. The molecule has 0 N–H and O–H groups in total. The van der Waals surface area contributed by atoms with Gasteiger partial charge < -0.3 is 0 Å². The molecule has 4 radical (unpaired) electrons. The molecule has 0 saturated heterocycles. The number of aromatic nitrogens is 1. The first-order chi connectivity index (χ1) is 15.0. The molecule has 0 amide bonds. The molecule has 1 aromatic carbocycles. The van der Waals surface area contributed by atoms with Crippen LogP contribution in [0.3, 0.4) is 0 Å². The Bertz CT molecular complexity index is 867. The Kier molecular flexibility index (Phi) is 12.7. The molecule has 1 aromatic heterocycles. The molecule has 0 aliphatic heterocycles. The Balaban J connectivity index is 0.00000227. The first-order valence-corrected chi connectivity index (χ1v) is 12.0. The number of allylic oxidation sites excluding steroid dienone is 4. The molecular formula is C29H43B2N. The first-order valence-electron chi connectivity index (χ1n) is 12.0. The summed E-state index contributed by atoms with van der Waals surface area (Å²) in [7, 11) is 12.8. The Hall–Kier alpha value is -2.02. The van der Waals surface area contributed by atoms with Crippen LogP contribution in [0.4, 0.5) is 0 Å². The maximum atomic E-state index is 6.41. The fourth-order valence-corrected chi connectivity index (χ4v) is 3.12. The van der Waals surface area contributed by atoms with Crippen molar-refractivity contribution in [3.63, 3.8) is 0 Å². The van der Waals surface area contributed by atoms with Crippen LogP contribution in [-0.4, -0.2) is 20.7 Å². The van der Waals surface area contributed by atoms with Crippen LogP contribution in [0.2, 0.25) is 0 Å². The van der Waals surface area contributed by atoms with E-state index in [4.69, 9.17) is 15.7 Å². The summed E-state index contributed by atoms with van der Waals surface area (Å²) in [5.41, 5.74) is 6.29.